The van der Waals surface area contributed by atoms with Crippen LogP contribution in [0.1, 0.15) is 26.2 Å². The fourth-order valence-corrected chi connectivity index (χ4v) is 2.32. The van der Waals surface area contributed by atoms with Gasteiger partial charge >= 0.3 is 5.97 Å². The maximum atomic E-state index is 12.2. The van der Waals surface area contributed by atoms with Crippen LogP contribution in [0.15, 0.2) is 0 Å². The number of aldehydes is 1. The molecule has 0 spiro atoms. The van der Waals surface area contributed by atoms with Crippen LogP contribution < -0.4 is 16.6 Å². The van der Waals surface area contributed by atoms with Crippen molar-refractivity contribution in [3.63, 3.8) is 0 Å². The number of carbonyl (C=O) groups is 4. The number of nitrogens with one attached hydrogen (secondary N) is 2. The van der Waals surface area contributed by atoms with Crippen molar-refractivity contribution in [3.8, 4) is 0 Å². The highest BCUT2D eigenvalue weighted by Crippen LogP contribution is 2.03. The van der Waals surface area contributed by atoms with Crippen molar-refractivity contribution >= 4 is 119 Å². The smallest absolute Gasteiger partial charge is 0.305 e. The van der Waals surface area contributed by atoms with E-state index in [2.05, 4.69) is 106 Å². The molecule has 0 bridgehead atoms. The molecule has 0 aromatic carbocycles. The normalized spacial score (nSPS) is 12.2. The first-order valence-electron chi connectivity index (χ1n) is 8.17. The standard InChI is InChI=1S/C14H25N3O5S2.3H2S2/c1-2-5-22-12(19)4-3-9(6-18)16-10(7-23)13(20)14(21)11(8-24)17-15;3*1-2/h6,9-11,16-17,23-24H,2-5,7-8,15H2,1H3;3*1-2H/t9?,10-,11-;;;/m0.../s1. The zero-order valence-corrected chi connectivity index (χ0v) is 23.4. The molecule has 0 aromatic heterocycles. The van der Waals surface area contributed by atoms with E-state index in [1.54, 1.807) is 0 Å². The molecule has 0 aliphatic heterocycles. The number of hydrazine groups is 1. The molecule has 0 aliphatic carbocycles. The molecule has 0 heterocycles. The van der Waals surface area contributed by atoms with Gasteiger partial charge in [0.15, 0.2) is 0 Å². The van der Waals surface area contributed by atoms with E-state index in [4.69, 9.17) is 10.6 Å². The van der Waals surface area contributed by atoms with E-state index in [0.717, 1.165) is 0 Å². The Morgan fingerprint density at radius 3 is 1.80 bits per heavy atom. The summed E-state index contributed by atoms with van der Waals surface area (Å²) in [5.41, 5.74) is 2.21. The monoisotopic (exact) mass is 577 g/mol. The van der Waals surface area contributed by atoms with E-state index in [9.17, 15) is 19.2 Å². The Bertz CT molecular complexity index is 448. The molecule has 4 N–H and O–H groups in total. The van der Waals surface area contributed by atoms with Crippen LogP contribution in [0.25, 0.3) is 0 Å². The Kier molecular flexibility index (Phi) is 38.6. The van der Waals surface area contributed by atoms with Gasteiger partial charge in [-0.05, 0) is 12.8 Å². The summed E-state index contributed by atoms with van der Waals surface area (Å²) in [6.07, 6.45) is 1.48. The van der Waals surface area contributed by atoms with Crippen LogP contribution in [0.2, 0.25) is 0 Å². The molecule has 0 radical (unpaired) electrons. The minimum atomic E-state index is -0.960. The number of carbonyl (C=O) groups excluding carboxylic acids is 4. The summed E-state index contributed by atoms with van der Waals surface area (Å²) in [5, 5.41) is 2.73. The van der Waals surface area contributed by atoms with Crippen molar-refractivity contribution in [3.05, 3.63) is 0 Å². The molecule has 0 saturated carbocycles. The Morgan fingerprint density at radius 1 is 0.967 bits per heavy atom. The van der Waals surface area contributed by atoms with Crippen LogP contribution in [-0.2, 0) is 23.9 Å². The zero-order chi connectivity index (χ0) is 24.5. The molecule has 1 unspecified atom stereocenters. The molecule has 16 heteroatoms. The number of hydrogen-bond acceptors (Lipinski definition) is 16. The largest absolute Gasteiger partial charge is 0.466 e. The number of thiol groups is 8. The van der Waals surface area contributed by atoms with Gasteiger partial charge in [-0.25, -0.2) is 5.43 Å². The van der Waals surface area contributed by atoms with E-state index in [1.807, 2.05) is 6.92 Å². The van der Waals surface area contributed by atoms with Crippen LogP contribution in [0, 0.1) is 0 Å². The molecular weight excluding hydrogens is 547 g/mol. The van der Waals surface area contributed by atoms with Crippen molar-refractivity contribution in [2.45, 2.75) is 44.3 Å². The van der Waals surface area contributed by atoms with E-state index in [0.29, 0.717) is 19.3 Å². The second kappa shape index (κ2) is 30.2. The van der Waals surface area contributed by atoms with E-state index in [1.165, 1.54) is 0 Å². The Hall–Kier alpha value is 1.16. The van der Waals surface area contributed by atoms with Gasteiger partial charge in [-0.15, -0.1) is 70.0 Å². The van der Waals surface area contributed by atoms with Gasteiger partial charge in [-0.1, -0.05) is 6.92 Å². The summed E-state index contributed by atoms with van der Waals surface area (Å²) in [7, 11) is 0. The first kappa shape index (κ1) is 38.4. The summed E-state index contributed by atoms with van der Waals surface area (Å²) in [4.78, 5) is 46.7. The number of rotatable bonds is 14. The summed E-state index contributed by atoms with van der Waals surface area (Å²) >= 11 is 27.3. The summed E-state index contributed by atoms with van der Waals surface area (Å²) < 4.78 is 4.91. The first-order valence-corrected chi connectivity index (χ1v) is 14.2. The third-order valence-electron chi connectivity index (χ3n) is 3.15. The van der Waals surface area contributed by atoms with E-state index < -0.39 is 35.7 Å². The predicted molar refractivity (Wildman–Crippen MR) is 150 cm³/mol. The van der Waals surface area contributed by atoms with Crippen molar-refractivity contribution in [2.75, 3.05) is 18.1 Å². The maximum absolute atomic E-state index is 12.2. The van der Waals surface area contributed by atoms with Gasteiger partial charge in [0.2, 0.25) is 11.6 Å². The first-order chi connectivity index (χ1) is 14.4. The van der Waals surface area contributed by atoms with Crippen molar-refractivity contribution in [1.82, 2.24) is 10.7 Å². The average Bonchev–Trinajstić information content (AvgIpc) is 2.82. The van der Waals surface area contributed by atoms with Crippen molar-refractivity contribution in [1.29, 1.82) is 0 Å². The molecule has 0 fully saturated rings. The number of ketones is 2. The summed E-state index contributed by atoms with van der Waals surface area (Å²) in [5.74, 6) is 3.35. The molecule has 0 aliphatic rings. The SMILES string of the molecule is CCCOC(=O)CCC(C=O)N[C@@H](CS)C(=O)C(=O)[C@H](CS)NN.SS.SS.SS. The Balaban J connectivity index is -0.000000512. The third-order valence-corrected chi connectivity index (χ3v) is 3.88. The van der Waals surface area contributed by atoms with Gasteiger partial charge in [-0.3, -0.25) is 25.5 Å². The molecule has 0 saturated heterocycles. The van der Waals surface area contributed by atoms with Gasteiger partial charge in [0.25, 0.3) is 0 Å². The summed E-state index contributed by atoms with van der Waals surface area (Å²) in [6, 6.07) is -2.64. The Morgan fingerprint density at radius 2 is 1.43 bits per heavy atom. The van der Waals surface area contributed by atoms with Crippen LogP contribution in [0.4, 0.5) is 0 Å². The zero-order valence-electron chi connectivity index (χ0n) is 16.2. The number of ether oxygens (including phenoxy) is 1. The molecule has 0 amide bonds. The quantitative estimate of drug-likeness (QED) is 0.0284. The molecular formula is C14H31N3O5S8. The molecule has 8 nitrogen and oxygen atoms in total. The van der Waals surface area contributed by atoms with Gasteiger partial charge in [0.05, 0.1) is 24.7 Å². The van der Waals surface area contributed by atoms with Crippen LogP contribution in [-0.4, -0.2) is 60.1 Å². The Labute approximate surface area is 220 Å². The number of nitrogens with two attached hydrogens (primary N) is 1. The van der Waals surface area contributed by atoms with Gasteiger partial charge in [-0.2, -0.15) is 25.3 Å². The predicted octanol–water partition coefficient (Wildman–Crippen LogP) is 1.36. The molecule has 0 aromatic rings. The van der Waals surface area contributed by atoms with Crippen LogP contribution in [0.5, 0.6) is 0 Å². The van der Waals surface area contributed by atoms with Crippen molar-refractivity contribution in [2.24, 2.45) is 5.84 Å². The second-order valence-corrected chi connectivity index (χ2v) is 5.76. The third kappa shape index (κ3) is 19.8. The van der Waals surface area contributed by atoms with Crippen molar-refractivity contribution < 1.29 is 23.9 Å². The van der Waals surface area contributed by atoms with Gasteiger partial charge in [0.1, 0.15) is 6.29 Å². The average molecular weight is 578 g/mol. The van der Waals surface area contributed by atoms with Gasteiger partial charge in [0, 0.05) is 17.9 Å². The topological polar surface area (TPSA) is 128 Å². The number of Topliss-reactive ketones (excluding diaryl/α,β-unsaturated/α-hetero) is 2. The van der Waals surface area contributed by atoms with Crippen LogP contribution in [0.3, 0.4) is 0 Å². The highest BCUT2D eigenvalue weighted by atomic mass is 33.1. The summed E-state index contributed by atoms with van der Waals surface area (Å²) in [6.45, 7) is 2.19. The lowest BCUT2D eigenvalue weighted by molar-refractivity contribution is -0.143. The molecule has 0 rings (SSSR count). The lowest BCUT2D eigenvalue weighted by atomic mass is 10.0. The van der Waals surface area contributed by atoms with Crippen LogP contribution >= 0.6 is 95.2 Å². The lowest BCUT2D eigenvalue weighted by Crippen LogP contribution is -2.53. The maximum Gasteiger partial charge on any atom is 0.305 e. The fourth-order valence-electron chi connectivity index (χ4n) is 1.78. The minimum absolute atomic E-state index is 0.0130. The highest BCUT2D eigenvalue weighted by Gasteiger charge is 2.30. The van der Waals surface area contributed by atoms with Gasteiger partial charge < -0.3 is 9.53 Å². The lowest BCUT2D eigenvalue weighted by Gasteiger charge is -2.21. The van der Waals surface area contributed by atoms with E-state index >= 15 is 0 Å². The minimum Gasteiger partial charge on any atom is -0.466 e. The second-order valence-electron chi connectivity index (χ2n) is 5.03. The molecule has 180 valence electrons. The fraction of sp³-hybridized carbons (Fsp3) is 0.714. The highest BCUT2D eigenvalue weighted by molar-refractivity contribution is 8.60. The molecule has 3 atom stereocenters. The van der Waals surface area contributed by atoms with E-state index in [-0.39, 0.29) is 24.3 Å². The molecule has 30 heavy (non-hydrogen) atoms. The number of esters is 1. The number of hydrogen-bond donors (Lipinski definition) is 11.